The van der Waals surface area contributed by atoms with Crippen LogP contribution in [0.5, 0.6) is 0 Å². The van der Waals surface area contributed by atoms with Crippen molar-refractivity contribution in [1.82, 2.24) is 16.0 Å². The van der Waals surface area contributed by atoms with Crippen LogP contribution in [0.25, 0.3) is 0 Å². The number of hydrogen-bond donors (Lipinski definition) is 4. The first-order valence-electron chi connectivity index (χ1n) is 9.64. The summed E-state index contributed by atoms with van der Waals surface area (Å²) in [6.07, 6.45) is 8.29. The molecule has 0 unspecified atom stereocenters. The van der Waals surface area contributed by atoms with Crippen molar-refractivity contribution >= 4 is 35.8 Å². The maximum Gasteiger partial charge on any atom is 0.287 e. The van der Waals surface area contributed by atoms with Gasteiger partial charge in [0.05, 0.1) is 6.26 Å². The van der Waals surface area contributed by atoms with E-state index in [9.17, 15) is 9.90 Å². The molecule has 1 amide bonds. The lowest BCUT2D eigenvalue weighted by molar-refractivity contribution is 0.0926. The highest BCUT2D eigenvalue weighted by atomic mass is 127. The van der Waals surface area contributed by atoms with Crippen LogP contribution < -0.4 is 16.0 Å². The van der Waals surface area contributed by atoms with Crippen LogP contribution in [0.4, 0.5) is 0 Å². The highest BCUT2D eigenvalue weighted by Gasteiger charge is 2.31. The van der Waals surface area contributed by atoms with Crippen molar-refractivity contribution in [2.24, 2.45) is 10.4 Å². The molecule has 0 bridgehead atoms. The molecular weight excluding hydrogens is 459 g/mol. The van der Waals surface area contributed by atoms with Crippen LogP contribution >= 0.6 is 24.0 Å². The molecule has 154 valence electrons. The number of aliphatic hydroxyl groups excluding tert-OH is 1. The van der Waals surface area contributed by atoms with Gasteiger partial charge in [-0.05, 0) is 43.7 Å². The van der Waals surface area contributed by atoms with Gasteiger partial charge in [0, 0.05) is 32.8 Å². The van der Waals surface area contributed by atoms with Crippen molar-refractivity contribution < 1.29 is 14.3 Å². The predicted molar refractivity (Wildman–Crippen MR) is 118 cm³/mol. The average molecular weight is 492 g/mol. The monoisotopic (exact) mass is 492 g/mol. The average Bonchev–Trinajstić information content (AvgIpc) is 3.19. The van der Waals surface area contributed by atoms with Gasteiger partial charge in [-0.2, -0.15) is 0 Å². The molecule has 1 heterocycles. The molecule has 27 heavy (non-hydrogen) atoms. The summed E-state index contributed by atoms with van der Waals surface area (Å²) in [6, 6.07) is 3.33. The van der Waals surface area contributed by atoms with Crippen LogP contribution in [0, 0.1) is 5.41 Å². The van der Waals surface area contributed by atoms with E-state index >= 15 is 0 Å². The fourth-order valence-electron chi connectivity index (χ4n) is 3.47. The van der Waals surface area contributed by atoms with Crippen molar-refractivity contribution in [3.05, 3.63) is 24.2 Å². The van der Waals surface area contributed by atoms with Gasteiger partial charge in [-0.15, -0.1) is 24.0 Å². The zero-order chi connectivity index (χ0) is 18.7. The van der Waals surface area contributed by atoms with Gasteiger partial charge in [0.25, 0.3) is 5.91 Å². The van der Waals surface area contributed by atoms with Gasteiger partial charge in [-0.25, -0.2) is 0 Å². The van der Waals surface area contributed by atoms with E-state index < -0.39 is 0 Å². The minimum absolute atomic E-state index is 0. The zero-order valence-corrected chi connectivity index (χ0v) is 18.5. The summed E-state index contributed by atoms with van der Waals surface area (Å²) in [5.74, 6) is 0.847. The Hall–Kier alpha value is -1.29. The van der Waals surface area contributed by atoms with Gasteiger partial charge in [0.1, 0.15) is 0 Å². The molecule has 1 aromatic rings. The van der Waals surface area contributed by atoms with Gasteiger partial charge in [-0.1, -0.05) is 19.3 Å². The maximum atomic E-state index is 11.8. The largest absolute Gasteiger partial charge is 0.459 e. The number of rotatable bonds is 9. The van der Waals surface area contributed by atoms with Gasteiger partial charge in [-0.3, -0.25) is 9.79 Å². The number of carbonyl (C=O) groups excluding carboxylic acids is 1. The Bertz CT molecular complexity index is 552. The summed E-state index contributed by atoms with van der Waals surface area (Å²) < 4.78 is 5.06. The fourth-order valence-corrected chi connectivity index (χ4v) is 3.47. The molecule has 1 aliphatic rings. The standard InChI is InChI=1S/C19H32N4O3.HI/c1-2-20-18(22-12-11-21-17(25)16-7-6-14-26-16)23-15-19(10-13-24)8-4-3-5-9-19;/h6-7,14,24H,2-5,8-13,15H2,1H3,(H,21,25)(H2,20,22,23);1H. The van der Waals surface area contributed by atoms with Crippen LogP contribution in [0.3, 0.4) is 0 Å². The van der Waals surface area contributed by atoms with Crippen molar-refractivity contribution in [2.45, 2.75) is 45.4 Å². The van der Waals surface area contributed by atoms with E-state index in [2.05, 4.69) is 16.0 Å². The number of nitrogens with one attached hydrogen (secondary N) is 3. The van der Waals surface area contributed by atoms with Crippen LogP contribution in [0.1, 0.15) is 56.0 Å². The summed E-state index contributed by atoms with van der Waals surface area (Å²) in [6.45, 7) is 4.80. The molecule has 2 rings (SSSR count). The smallest absolute Gasteiger partial charge is 0.287 e. The number of amides is 1. The Morgan fingerprint density at radius 1 is 1.22 bits per heavy atom. The number of halogens is 1. The third-order valence-electron chi connectivity index (χ3n) is 4.92. The van der Waals surface area contributed by atoms with Gasteiger partial charge < -0.3 is 25.5 Å². The lowest BCUT2D eigenvalue weighted by atomic mass is 9.72. The highest BCUT2D eigenvalue weighted by molar-refractivity contribution is 14.0. The molecule has 1 saturated carbocycles. The highest BCUT2D eigenvalue weighted by Crippen LogP contribution is 2.39. The van der Waals surface area contributed by atoms with E-state index in [0.717, 1.165) is 38.3 Å². The molecule has 1 fully saturated rings. The van der Waals surface area contributed by atoms with E-state index in [-0.39, 0.29) is 41.9 Å². The lowest BCUT2D eigenvalue weighted by Gasteiger charge is -2.35. The minimum Gasteiger partial charge on any atom is -0.459 e. The number of carbonyl (C=O) groups is 1. The molecule has 4 N–H and O–H groups in total. The van der Waals surface area contributed by atoms with E-state index in [1.54, 1.807) is 12.1 Å². The number of aliphatic imine (C=N–C) groups is 1. The second-order valence-electron chi connectivity index (χ2n) is 6.89. The summed E-state index contributed by atoms with van der Waals surface area (Å²) in [7, 11) is 0. The normalized spacial score (nSPS) is 16.3. The molecule has 0 atom stereocenters. The van der Waals surface area contributed by atoms with Crippen LogP contribution in [-0.4, -0.2) is 49.8 Å². The van der Waals surface area contributed by atoms with Crippen molar-refractivity contribution in [1.29, 1.82) is 0 Å². The maximum absolute atomic E-state index is 11.8. The lowest BCUT2D eigenvalue weighted by Crippen LogP contribution is -2.42. The molecular formula is C19H33IN4O3. The summed E-state index contributed by atoms with van der Waals surface area (Å²) in [5.41, 5.74) is 0.128. The van der Waals surface area contributed by atoms with E-state index in [0.29, 0.717) is 18.8 Å². The molecule has 0 aromatic carbocycles. The first-order valence-corrected chi connectivity index (χ1v) is 9.64. The fraction of sp³-hybridized carbons (Fsp3) is 0.684. The minimum atomic E-state index is -0.220. The molecule has 0 aliphatic heterocycles. The van der Waals surface area contributed by atoms with E-state index in [1.165, 1.54) is 25.5 Å². The molecule has 0 saturated heterocycles. The molecule has 1 aromatic heterocycles. The molecule has 8 heteroatoms. The van der Waals surface area contributed by atoms with Gasteiger partial charge in [0.15, 0.2) is 11.7 Å². The topological polar surface area (TPSA) is 98.9 Å². The van der Waals surface area contributed by atoms with E-state index in [4.69, 9.17) is 9.41 Å². The Labute approximate surface area is 178 Å². The number of hydrogen-bond acceptors (Lipinski definition) is 4. The summed E-state index contributed by atoms with van der Waals surface area (Å²) >= 11 is 0. The van der Waals surface area contributed by atoms with Gasteiger partial charge >= 0.3 is 0 Å². The zero-order valence-electron chi connectivity index (χ0n) is 16.1. The summed E-state index contributed by atoms with van der Waals surface area (Å²) in [5, 5.41) is 18.7. The van der Waals surface area contributed by atoms with Crippen LogP contribution in [0.2, 0.25) is 0 Å². The third kappa shape index (κ3) is 8.08. The second-order valence-corrected chi connectivity index (χ2v) is 6.89. The Balaban J connectivity index is 0.00000364. The molecule has 1 aliphatic carbocycles. The summed E-state index contributed by atoms with van der Waals surface area (Å²) in [4.78, 5) is 16.6. The Morgan fingerprint density at radius 2 is 1.96 bits per heavy atom. The van der Waals surface area contributed by atoms with Gasteiger partial charge in [0.2, 0.25) is 0 Å². The number of nitrogens with zero attached hydrogens (tertiary/aromatic N) is 1. The van der Waals surface area contributed by atoms with Crippen molar-refractivity contribution in [3.8, 4) is 0 Å². The second kappa shape index (κ2) is 13.0. The van der Waals surface area contributed by atoms with Crippen molar-refractivity contribution in [3.63, 3.8) is 0 Å². The van der Waals surface area contributed by atoms with Crippen molar-refractivity contribution in [2.75, 3.05) is 32.8 Å². The van der Waals surface area contributed by atoms with Crippen LogP contribution in [-0.2, 0) is 0 Å². The Morgan fingerprint density at radius 3 is 2.59 bits per heavy atom. The number of guanidine groups is 1. The SMILES string of the molecule is CCNC(=NCC1(CCO)CCCCC1)NCCNC(=O)c1ccco1.I. The molecule has 7 nitrogen and oxygen atoms in total. The third-order valence-corrected chi connectivity index (χ3v) is 4.92. The molecule has 0 radical (unpaired) electrons. The number of aliphatic hydroxyl groups is 1. The predicted octanol–water partition coefficient (Wildman–Crippen LogP) is 2.52. The molecule has 0 spiro atoms. The first kappa shape index (κ1) is 23.7. The Kier molecular flexibility index (Phi) is 11.4. The number of furan rings is 1. The van der Waals surface area contributed by atoms with Crippen LogP contribution in [0.15, 0.2) is 27.8 Å². The first-order chi connectivity index (χ1) is 12.7. The van der Waals surface area contributed by atoms with E-state index in [1.807, 2.05) is 6.92 Å². The quantitative estimate of drug-likeness (QED) is 0.184.